The maximum atomic E-state index is 13.8. The van der Waals surface area contributed by atoms with E-state index < -0.39 is 11.6 Å². The summed E-state index contributed by atoms with van der Waals surface area (Å²) in [5.74, 6) is -1.52. The molecule has 6 heteroatoms. The first-order valence-corrected chi connectivity index (χ1v) is 7.74. The zero-order valence-corrected chi connectivity index (χ0v) is 14.2. The van der Waals surface area contributed by atoms with Crippen LogP contribution in [0.2, 0.25) is 0 Å². The minimum atomic E-state index is -0.631. The number of aryl methyl sites for hydroxylation is 1. The van der Waals surface area contributed by atoms with Crippen LogP contribution in [0, 0.1) is 25.5 Å². The van der Waals surface area contributed by atoms with Gasteiger partial charge in [-0.1, -0.05) is 0 Å². The van der Waals surface area contributed by atoms with E-state index in [0.29, 0.717) is 28.1 Å². The first kappa shape index (κ1) is 18.0. The third-order valence-electron chi connectivity index (χ3n) is 4.18. The molecule has 24 heavy (non-hydrogen) atoms. The minimum Gasteiger partial charge on any atom is -0.355 e. The maximum absolute atomic E-state index is 13.8. The molecule has 1 aromatic heterocycles. The van der Waals surface area contributed by atoms with E-state index in [-0.39, 0.29) is 24.2 Å². The number of benzene rings is 1. The first-order valence-electron chi connectivity index (χ1n) is 7.74. The molecule has 2 aromatic rings. The number of hydrogen-bond acceptors (Lipinski definition) is 2. The van der Waals surface area contributed by atoms with Crippen LogP contribution >= 0.6 is 0 Å². The number of Topliss-reactive ketones (excluding diaryl/α,β-unsaturated/α-hetero) is 2. The Labute approximate surface area is 139 Å². The monoisotopic (exact) mass is 335 g/mol. The molecule has 0 saturated heterocycles. The largest absolute Gasteiger partial charge is 0.355 e. The Morgan fingerprint density at radius 3 is 2.46 bits per heavy atom. The fourth-order valence-corrected chi connectivity index (χ4v) is 2.94. The topological polar surface area (TPSA) is 66.5 Å². The summed E-state index contributed by atoms with van der Waals surface area (Å²) in [6, 6.07) is 3.08. The van der Waals surface area contributed by atoms with Crippen molar-refractivity contribution in [1.82, 2.24) is 4.98 Å². The van der Waals surface area contributed by atoms with Gasteiger partial charge in [-0.25, -0.2) is 8.78 Å². The lowest BCUT2D eigenvalue weighted by atomic mass is 10.0. The average Bonchev–Trinajstić information content (AvgIpc) is 2.79. The molecule has 4 nitrogen and oxygen atoms in total. The molecular weight excluding hydrogens is 314 g/mol. The highest BCUT2D eigenvalue weighted by Crippen LogP contribution is 2.19. The molecule has 0 bridgehead atoms. The Balaban J connectivity index is 2.11. The predicted octanol–water partition coefficient (Wildman–Crippen LogP) is 2.62. The Kier molecular flexibility index (Phi) is 5.29. The van der Waals surface area contributed by atoms with Gasteiger partial charge in [0.05, 0.1) is 5.69 Å². The number of ketones is 2. The van der Waals surface area contributed by atoms with Crippen LogP contribution < -0.4 is 5.32 Å². The van der Waals surface area contributed by atoms with Crippen molar-refractivity contribution < 1.29 is 23.7 Å². The Hall–Kier alpha value is -2.34. The van der Waals surface area contributed by atoms with Gasteiger partial charge in [-0.3, -0.25) is 9.59 Å². The standard InChI is InChI=1S/C18H20F2N2O2/c1-9-17(12(4)23)11(3)22-18(9)16(24)8-21-10(2)14-6-5-13(19)7-15(14)20/h5-7,10,21-22H,8H2,1-4H3/p+1/t10-/m1/s1. The lowest BCUT2D eigenvalue weighted by molar-refractivity contribution is -0.681. The van der Waals surface area contributed by atoms with Crippen LogP contribution in [0.25, 0.3) is 0 Å². The van der Waals surface area contributed by atoms with E-state index in [2.05, 4.69) is 4.98 Å². The molecule has 0 amide bonds. The number of nitrogens with one attached hydrogen (secondary N) is 1. The highest BCUT2D eigenvalue weighted by Gasteiger charge is 2.22. The molecule has 0 aliphatic heterocycles. The summed E-state index contributed by atoms with van der Waals surface area (Å²) in [5.41, 5.74) is 2.59. The molecule has 0 unspecified atom stereocenters. The zero-order valence-electron chi connectivity index (χ0n) is 14.2. The third-order valence-corrected chi connectivity index (χ3v) is 4.18. The smallest absolute Gasteiger partial charge is 0.233 e. The number of carbonyl (C=O) groups excluding carboxylic acids is 2. The second kappa shape index (κ2) is 7.05. The van der Waals surface area contributed by atoms with Crippen LogP contribution in [-0.4, -0.2) is 23.1 Å². The molecule has 2 rings (SSSR count). The van der Waals surface area contributed by atoms with Crippen molar-refractivity contribution >= 4 is 11.6 Å². The number of H-pyrrole nitrogens is 1. The molecule has 0 saturated carbocycles. The van der Waals surface area contributed by atoms with E-state index in [9.17, 15) is 18.4 Å². The molecule has 128 valence electrons. The van der Waals surface area contributed by atoms with Gasteiger partial charge < -0.3 is 10.3 Å². The lowest BCUT2D eigenvalue weighted by Crippen LogP contribution is -2.86. The van der Waals surface area contributed by atoms with E-state index >= 15 is 0 Å². The molecule has 0 aliphatic rings. The van der Waals surface area contributed by atoms with E-state index in [1.165, 1.54) is 19.1 Å². The summed E-state index contributed by atoms with van der Waals surface area (Å²) in [7, 11) is 0. The second-order valence-corrected chi connectivity index (χ2v) is 6.00. The normalized spacial score (nSPS) is 12.2. The van der Waals surface area contributed by atoms with Gasteiger partial charge in [0.15, 0.2) is 5.78 Å². The van der Waals surface area contributed by atoms with Crippen molar-refractivity contribution in [3.8, 4) is 0 Å². The van der Waals surface area contributed by atoms with Gasteiger partial charge in [0.1, 0.15) is 24.2 Å². The van der Waals surface area contributed by atoms with Gasteiger partial charge in [0, 0.05) is 22.9 Å². The molecule has 0 fully saturated rings. The van der Waals surface area contributed by atoms with Crippen molar-refractivity contribution in [3.05, 3.63) is 57.9 Å². The number of quaternary nitrogens is 1. The van der Waals surface area contributed by atoms with Gasteiger partial charge >= 0.3 is 0 Å². The van der Waals surface area contributed by atoms with Gasteiger partial charge in [-0.2, -0.15) is 0 Å². The van der Waals surface area contributed by atoms with E-state index in [1.807, 2.05) is 0 Å². The summed E-state index contributed by atoms with van der Waals surface area (Å²) in [6.07, 6.45) is 0. The number of rotatable bonds is 6. The predicted molar refractivity (Wildman–Crippen MR) is 86.2 cm³/mol. The molecule has 1 atom stereocenters. The van der Waals surface area contributed by atoms with Crippen molar-refractivity contribution in [1.29, 1.82) is 0 Å². The molecule has 3 N–H and O–H groups in total. The molecule has 1 aromatic carbocycles. The molecular formula is C18H21F2N2O2+. The quantitative estimate of drug-likeness (QED) is 0.797. The summed E-state index contributed by atoms with van der Waals surface area (Å²) < 4.78 is 26.7. The molecule has 0 spiro atoms. The van der Waals surface area contributed by atoms with Crippen molar-refractivity contribution in [3.63, 3.8) is 0 Å². The number of aromatic nitrogens is 1. The fraction of sp³-hybridized carbons (Fsp3) is 0.333. The number of carbonyl (C=O) groups is 2. The lowest BCUT2D eigenvalue weighted by Gasteiger charge is -2.11. The summed E-state index contributed by atoms with van der Waals surface area (Å²) in [5, 5.41) is 1.68. The van der Waals surface area contributed by atoms with Crippen molar-refractivity contribution in [2.45, 2.75) is 33.7 Å². The fourth-order valence-electron chi connectivity index (χ4n) is 2.94. The van der Waals surface area contributed by atoms with E-state index in [0.717, 1.165) is 6.07 Å². The minimum absolute atomic E-state index is 0.0916. The summed E-state index contributed by atoms with van der Waals surface area (Å²) >= 11 is 0. The van der Waals surface area contributed by atoms with E-state index in [4.69, 9.17) is 0 Å². The number of halogens is 2. The Morgan fingerprint density at radius 1 is 1.25 bits per heavy atom. The average molecular weight is 335 g/mol. The third kappa shape index (κ3) is 3.59. The van der Waals surface area contributed by atoms with E-state index in [1.54, 1.807) is 26.1 Å². The van der Waals surface area contributed by atoms with Crippen molar-refractivity contribution in [2.24, 2.45) is 0 Å². The van der Waals surface area contributed by atoms with Crippen molar-refractivity contribution in [2.75, 3.05) is 6.54 Å². The number of aromatic amines is 1. The summed E-state index contributed by atoms with van der Waals surface area (Å²) in [4.78, 5) is 27.0. The van der Waals surface area contributed by atoms with Gasteiger partial charge in [-0.15, -0.1) is 0 Å². The van der Waals surface area contributed by atoms with Gasteiger partial charge in [0.2, 0.25) is 5.78 Å². The zero-order chi connectivity index (χ0) is 18.0. The maximum Gasteiger partial charge on any atom is 0.233 e. The highest BCUT2D eigenvalue weighted by molar-refractivity contribution is 6.03. The Morgan fingerprint density at radius 2 is 1.92 bits per heavy atom. The van der Waals surface area contributed by atoms with Crippen LogP contribution in [0.5, 0.6) is 0 Å². The Bertz CT molecular complexity index is 797. The number of nitrogens with two attached hydrogens (primary N) is 1. The van der Waals surface area contributed by atoms with Crippen LogP contribution in [0.4, 0.5) is 8.78 Å². The van der Waals surface area contributed by atoms with Crippen LogP contribution in [0.1, 0.15) is 57.6 Å². The second-order valence-electron chi connectivity index (χ2n) is 6.00. The summed E-state index contributed by atoms with van der Waals surface area (Å²) in [6.45, 7) is 6.79. The van der Waals surface area contributed by atoms with Crippen LogP contribution in [0.3, 0.4) is 0 Å². The molecule has 0 aliphatic carbocycles. The highest BCUT2D eigenvalue weighted by atomic mass is 19.1. The van der Waals surface area contributed by atoms with Gasteiger partial charge in [-0.05, 0) is 45.4 Å². The van der Waals surface area contributed by atoms with Crippen LogP contribution in [0.15, 0.2) is 18.2 Å². The SMILES string of the molecule is CC(=O)c1c(C)[nH]c(C(=O)C[NH2+][C@H](C)c2ccc(F)cc2F)c1C. The molecule has 1 heterocycles. The molecule has 0 radical (unpaired) electrons. The first-order chi connectivity index (χ1) is 11.2. The van der Waals surface area contributed by atoms with Gasteiger partial charge in [0.25, 0.3) is 0 Å². The van der Waals surface area contributed by atoms with Crippen LogP contribution in [-0.2, 0) is 0 Å². The number of hydrogen-bond donors (Lipinski definition) is 2.